The number of ether oxygens (including phenoxy) is 2. The highest BCUT2D eigenvalue weighted by Gasteiger charge is 2.22. The first-order valence-electron chi connectivity index (χ1n) is 9.83. The van der Waals surface area contributed by atoms with Gasteiger partial charge in [-0.3, -0.25) is 9.69 Å². The molecule has 1 amide bonds. The molecule has 2 aliphatic rings. The highest BCUT2D eigenvalue weighted by atomic mass is 19.1. The highest BCUT2D eigenvalue weighted by molar-refractivity contribution is 5.91. The Morgan fingerprint density at radius 2 is 2.03 bits per heavy atom. The molecule has 0 bridgehead atoms. The second kappa shape index (κ2) is 9.34. The number of piperazine rings is 1. The summed E-state index contributed by atoms with van der Waals surface area (Å²) < 4.78 is 30.2. The van der Waals surface area contributed by atoms with Crippen LogP contribution in [0.2, 0.25) is 0 Å². The smallest absolute Gasteiger partial charge is 0.273 e. The van der Waals surface area contributed by atoms with Gasteiger partial charge in [0.25, 0.3) is 5.91 Å². The van der Waals surface area contributed by atoms with Crippen molar-refractivity contribution in [3.8, 4) is 0 Å². The number of benzene rings is 1. The number of anilines is 1. The Morgan fingerprint density at radius 1 is 1.21 bits per heavy atom. The van der Waals surface area contributed by atoms with Crippen LogP contribution in [0.25, 0.3) is 0 Å². The van der Waals surface area contributed by atoms with E-state index in [9.17, 15) is 9.18 Å². The number of carbonyl (C=O) groups excluding carboxylic acids is 1. The third-order valence-electron chi connectivity index (χ3n) is 5.08. The van der Waals surface area contributed by atoms with Gasteiger partial charge in [-0.05, 0) is 12.1 Å². The molecule has 0 saturated carbocycles. The van der Waals surface area contributed by atoms with Gasteiger partial charge in [0.05, 0.1) is 38.2 Å². The molecule has 0 aliphatic carbocycles. The minimum absolute atomic E-state index is 0.134. The quantitative estimate of drug-likeness (QED) is 0.777. The van der Waals surface area contributed by atoms with E-state index in [0.29, 0.717) is 44.5 Å². The number of amides is 1. The number of nitrogens with one attached hydrogen (secondary N) is 1. The molecule has 2 saturated heterocycles. The predicted molar refractivity (Wildman–Crippen MR) is 103 cm³/mol. The molecule has 8 nitrogen and oxygen atoms in total. The van der Waals surface area contributed by atoms with Crippen molar-refractivity contribution < 1.29 is 23.1 Å². The van der Waals surface area contributed by atoms with Gasteiger partial charge < -0.3 is 24.1 Å². The van der Waals surface area contributed by atoms with Crippen LogP contribution in [0.5, 0.6) is 0 Å². The average Bonchev–Trinajstić information content (AvgIpc) is 3.22. The number of hydrogen-bond donors (Lipinski definition) is 1. The lowest BCUT2D eigenvalue weighted by molar-refractivity contribution is -0.0855. The second-order valence-corrected chi connectivity index (χ2v) is 7.12. The molecule has 2 aliphatic heterocycles. The van der Waals surface area contributed by atoms with Crippen LogP contribution in [-0.4, -0.2) is 74.4 Å². The van der Waals surface area contributed by atoms with E-state index in [4.69, 9.17) is 13.9 Å². The Kier molecular flexibility index (Phi) is 6.38. The van der Waals surface area contributed by atoms with E-state index < -0.39 is 0 Å². The van der Waals surface area contributed by atoms with Gasteiger partial charge in [0.1, 0.15) is 12.1 Å². The minimum Gasteiger partial charge on any atom is -0.447 e. The maximum Gasteiger partial charge on any atom is 0.273 e. The van der Waals surface area contributed by atoms with Crippen molar-refractivity contribution in [1.82, 2.24) is 15.2 Å². The summed E-state index contributed by atoms with van der Waals surface area (Å²) in [6, 6.07) is 6.82. The number of oxazole rings is 1. The van der Waals surface area contributed by atoms with Crippen LogP contribution in [0.15, 0.2) is 34.9 Å². The Bertz CT molecular complexity index is 816. The van der Waals surface area contributed by atoms with Crippen LogP contribution >= 0.6 is 0 Å². The molecule has 29 heavy (non-hydrogen) atoms. The minimum atomic E-state index is -0.293. The molecule has 1 unspecified atom stereocenters. The number of para-hydroxylation sites is 1. The molecular formula is C20H25FN4O4. The van der Waals surface area contributed by atoms with E-state index in [1.54, 1.807) is 12.1 Å². The molecule has 1 atom stereocenters. The Balaban J connectivity index is 1.24. The first-order valence-corrected chi connectivity index (χ1v) is 9.83. The molecule has 1 N–H and O–H groups in total. The standard InChI is InChI=1S/C20H25FN4O4/c21-16-3-1-2-4-18(16)25-7-5-24(6-8-25)12-19-23-17(14-29-19)20(26)22-11-15-13-27-9-10-28-15/h1-4,14-15H,5-13H2,(H,22,26). The van der Waals surface area contributed by atoms with Crippen molar-refractivity contribution in [3.05, 3.63) is 47.9 Å². The molecule has 0 radical (unpaired) electrons. The summed E-state index contributed by atoms with van der Waals surface area (Å²) in [6.45, 7) is 5.45. The van der Waals surface area contributed by atoms with Crippen molar-refractivity contribution in [1.29, 1.82) is 0 Å². The largest absolute Gasteiger partial charge is 0.447 e. The van der Waals surface area contributed by atoms with Crippen molar-refractivity contribution in [3.63, 3.8) is 0 Å². The summed E-state index contributed by atoms with van der Waals surface area (Å²) in [7, 11) is 0. The molecule has 156 valence electrons. The van der Waals surface area contributed by atoms with Gasteiger partial charge in [0.2, 0.25) is 5.89 Å². The fourth-order valence-corrected chi connectivity index (χ4v) is 3.49. The zero-order valence-corrected chi connectivity index (χ0v) is 16.2. The summed E-state index contributed by atoms with van der Waals surface area (Å²) >= 11 is 0. The van der Waals surface area contributed by atoms with Gasteiger partial charge in [-0.25, -0.2) is 9.37 Å². The molecule has 0 spiro atoms. The molecule has 1 aromatic carbocycles. The maximum atomic E-state index is 13.9. The lowest BCUT2D eigenvalue weighted by Gasteiger charge is -2.35. The van der Waals surface area contributed by atoms with Crippen molar-refractivity contribution in [2.45, 2.75) is 12.6 Å². The molecule has 2 fully saturated rings. The van der Waals surface area contributed by atoms with E-state index in [2.05, 4.69) is 15.2 Å². The van der Waals surface area contributed by atoms with Gasteiger partial charge in [0, 0.05) is 32.7 Å². The fraction of sp³-hybridized carbons (Fsp3) is 0.500. The van der Waals surface area contributed by atoms with Crippen LogP contribution in [0.3, 0.4) is 0 Å². The number of aromatic nitrogens is 1. The van der Waals surface area contributed by atoms with Gasteiger partial charge in [-0.15, -0.1) is 0 Å². The number of nitrogens with zero attached hydrogens (tertiary/aromatic N) is 3. The lowest BCUT2D eigenvalue weighted by atomic mass is 10.2. The molecule has 4 rings (SSSR count). The van der Waals surface area contributed by atoms with Crippen LogP contribution in [0.4, 0.5) is 10.1 Å². The predicted octanol–water partition coefficient (Wildman–Crippen LogP) is 1.28. The van der Waals surface area contributed by atoms with E-state index in [1.807, 2.05) is 11.0 Å². The Morgan fingerprint density at radius 3 is 2.79 bits per heavy atom. The third-order valence-corrected chi connectivity index (χ3v) is 5.08. The topological polar surface area (TPSA) is 80.1 Å². The number of halogens is 1. The Labute approximate surface area is 168 Å². The van der Waals surface area contributed by atoms with E-state index in [1.165, 1.54) is 12.3 Å². The zero-order valence-electron chi connectivity index (χ0n) is 16.2. The summed E-state index contributed by atoms with van der Waals surface area (Å²) in [5, 5.41) is 2.79. The first kappa shape index (κ1) is 19.8. The first-order chi connectivity index (χ1) is 14.2. The summed E-state index contributed by atoms with van der Waals surface area (Å²) in [4.78, 5) is 20.7. The molecular weight excluding hydrogens is 379 g/mol. The summed E-state index contributed by atoms with van der Waals surface area (Å²) in [5.74, 6) is -0.000202. The Hall–Kier alpha value is -2.49. The van der Waals surface area contributed by atoms with Crippen molar-refractivity contribution in [2.24, 2.45) is 0 Å². The molecule has 1 aromatic heterocycles. The number of rotatable bonds is 6. The highest BCUT2D eigenvalue weighted by Crippen LogP contribution is 2.20. The van der Waals surface area contributed by atoms with Crippen molar-refractivity contribution in [2.75, 3.05) is 57.4 Å². The van der Waals surface area contributed by atoms with E-state index in [-0.39, 0.29) is 23.5 Å². The van der Waals surface area contributed by atoms with E-state index >= 15 is 0 Å². The normalized spacial score (nSPS) is 20.6. The van der Waals surface area contributed by atoms with E-state index in [0.717, 1.165) is 26.2 Å². The van der Waals surface area contributed by atoms with Gasteiger partial charge in [0.15, 0.2) is 5.69 Å². The monoisotopic (exact) mass is 404 g/mol. The number of hydrogen-bond acceptors (Lipinski definition) is 7. The lowest BCUT2D eigenvalue weighted by Crippen LogP contribution is -2.46. The van der Waals surface area contributed by atoms with Gasteiger partial charge in [-0.1, -0.05) is 12.1 Å². The van der Waals surface area contributed by atoms with Gasteiger partial charge >= 0.3 is 0 Å². The fourth-order valence-electron chi connectivity index (χ4n) is 3.49. The molecule has 2 aromatic rings. The van der Waals surface area contributed by atoms with Crippen LogP contribution < -0.4 is 10.2 Å². The van der Waals surface area contributed by atoms with Crippen LogP contribution in [-0.2, 0) is 16.0 Å². The number of carbonyl (C=O) groups is 1. The second-order valence-electron chi connectivity index (χ2n) is 7.12. The molecule has 9 heteroatoms. The third kappa shape index (κ3) is 5.11. The van der Waals surface area contributed by atoms with Crippen molar-refractivity contribution >= 4 is 11.6 Å². The summed E-state index contributed by atoms with van der Waals surface area (Å²) in [6.07, 6.45) is 1.24. The van der Waals surface area contributed by atoms with Crippen LogP contribution in [0, 0.1) is 5.82 Å². The molecule has 3 heterocycles. The van der Waals surface area contributed by atoms with Gasteiger partial charge in [-0.2, -0.15) is 0 Å². The maximum absolute atomic E-state index is 13.9. The van der Waals surface area contributed by atoms with Crippen LogP contribution in [0.1, 0.15) is 16.4 Å². The zero-order chi connectivity index (χ0) is 20.1. The average molecular weight is 404 g/mol. The SMILES string of the molecule is O=C(NCC1COCCO1)c1coc(CN2CCN(c3ccccc3F)CC2)n1. The summed E-state index contributed by atoms with van der Waals surface area (Å²) in [5.41, 5.74) is 0.885.